The summed E-state index contributed by atoms with van der Waals surface area (Å²) in [6.07, 6.45) is 2.11. The van der Waals surface area contributed by atoms with E-state index in [4.69, 9.17) is 0 Å². The fourth-order valence-electron chi connectivity index (χ4n) is 3.71. The summed E-state index contributed by atoms with van der Waals surface area (Å²) in [7, 11) is 0. The summed E-state index contributed by atoms with van der Waals surface area (Å²) in [4.78, 5) is 16.6. The van der Waals surface area contributed by atoms with Crippen LogP contribution in [0.5, 0.6) is 0 Å². The molecule has 0 radical (unpaired) electrons. The van der Waals surface area contributed by atoms with Crippen LogP contribution >= 0.6 is 0 Å². The van der Waals surface area contributed by atoms with Gasteiger partial charge in [0.2, 0.25) is 5.91 Å². The second-order valence-electron chi connectivity index (χ2n) is 6.94. The Balaban J connectivity index is 1.67. The lowest BCUT2D eigenvalue weighted by atomic mass is 10.1. The lowest BCUT2D eigenvalue weighted by molar-refractivity contribution is -0.137. The number of hydrogen-bond donors (Lipinski definition) is 0. The highest BCUT2D eigenvalue weighted by Crippen LogP contribution is 2.30. The molecule has 3 rings (SSSR count). The molecule has 2 heterocycles. The van der Waals surface area contributed by atoms with Crippen molar-refractivity contribution < 1.29 is 22.4 Å². The van der Waals surface area contributed by atoms with Gasteiger partial charge in [0.1, 0.15) is 5.82 Å². The van der Waals surface area contributed by atoms with E-state index in [9.17, 15) is 22.4 Å². The molecule has 0 spiro atoms. The van der Waals surface area contributed by atoms with Gasteiger partial charge in [-0.1, -0.05) is 0 Å². The molecule has 1 atom stereocenters. The number of alkyl halides is 3. The van der Waals surface area contributed by atoms with Crippen LogP contribution in [0.15, 0.2) is 24.3 Å². The highest BCUT2D eigenvalue weighted by molar-refractivity contribution is 5.92. The molecule has 1 aromatic rings. The van der Waals surface area contributed by atoms with Gasteiger partial charge in [-0.3, -0.25) is 4.79 Å². The van der Waals surface area contributed by atoms with Gasteiger partial charge < -0.3 is 9.80 Å². The Morgan fingerprint density at radius 1 is 1.12 bits per heavy atom. The van der Waals surface area contributed by atoms with E-state index < -0.39 is 17.6 Å². The molecule has 2 aliphatic rings. The van der Waals surface area contributed by atoms with E-state index >= 15 is 0 Å². The molecular formula is C19H22F4N2O. The highest BCUT2D eigenvalue weighted by atomic mass is 19.4. The van der Waals surface area contributed by atoms with E-state index in [-0.39, 0.29) is 17.5 Å². The predicted molar refractivity (Wildman–Crippen MR) is 90.8 cm³/mol. The minimum atomic E-state index is -4.62. The largest absolute Gasteiger partial charge is 0.416 e. The van der Waals surface area contributed by atoms with Crippen LogP contribution in [0, 0.1) is 5.82 Å². The second kappa shape index (κ2) is 7.78. The molecule has 26 heavy (non-hydrogen) atoms. The first-order valence-corrected chi connectivity index (χ1v) is 8.92. The van der Waals surface area contributed by atoms with Crippen molar-refractivity contribution >= 4 is 12.0 Å². The topological polar surface area (TPSA) is 23.6 Å². The summed E-state index contributed by atoms with van der Waals surface area (Å²) in [5.41, 5.74) is -1.03. The van der Waals surface area contributed by atoms with Crippen LogP contribution in [0.3, 0.4) is 0 Å². The number of rotatable bonds is 4. The first-order valence-electron chi connectivity index (χ1n) is 8.92. The fourth-order valence-corrected chi connectivity index (χ4v) is 3.71. The number of hydrogen-bond acceptors (Lipinski definition) is 2. The molecule has 2 saturated heterocycles. The van der Waals surface area contributed by atoms with E-state index in [1.807, 2.05) is 0 Å². The molecule has 0 aliphatic carbocycles. The van der Waals surface area contributed by atoms with Crippen molar-refractivity contribution in [2.45, 2.75) is 37.9 Å². The van der Waals surface area contributed by atoms with E-state index in [0.29, 0.717) is 12.6 Å². The number of amides is 1. The maximum Gasteiger partial charge on any atom is 0.416 e. The lowest BCUT2D eigenvalue weighted by Crippen LogP contribution is -2.41. The maximum atomic E-state index is 13.4. The Hall–Kier alpha value is -1.89. The molecule has 0 bridgehead atoms. The molecular weight excluding hydrogens is 348 g/mol. The van der Waals surface area contributed by atoms with E-state index in [2.05, 4.69) is 4.90 Å². The van der Waals surface area contributed by atoms with Gasteiger partial charge >= 0.3 is 6.18 Å². The van der Waals surface area contributed by atoms with Gasteiger partial charge in [-0.2, -0.15) is 13.2 Å². The van der Waals surface area contributed by atoms with E-state index in [1.165, 1.54) is 25.0 Å². The number of carbonyl (C=O) groups is 1. The number of likely N-dealkylation sites (tertiary alicyclic amines) is 2. The van der Waals surface area contributed by atoms with Crippen LogP contribution in [0.4, 0.5) is 17.6 Å². The molecule has 7 heteroatoms. The highest BCUT2D eigenvalue weighted by Gasteiger charge is 2.32. The van der Waals surface area contributed by atoms with Crippen LogP contribution in [0.2, 0.25) is 0 Å². The van der Waals surface area contributed by atoms with Crippen molar-refractivity contribution in [3.05, 3.63) is 41.2 Å². The quantitative estimate of drug-likeness (QED) is 0.592. The van der Waals surface area contributed by atoms with Crippen molar-refractivity contribution in [2.24, 2.45) is 0 Å². The average Bonchev–Trinajstić information content (AvgIpc) is 3.23. The third-order valence-corrected chi connectivity index (χ3v) is 4.99. The average molecular weight is 370 g/mol. The van der Waals surface area contributed by atoms with Gasteiger partial charge in [0, 0.05) is 25.2 Å². The Morgan fingerprint density at radius 3 is 2.54 bits per heavy atom. The summed E-state index contributed by atoms with van der Waals surface area (Å²) in [5, 5.41) is 0. The molecule has 0 N–H and O–H groups in total. The standard InChI is InChI=1S/C19H22F4N2O/c20-16-11-14(10-15(12-16)19(21,22)23)5-6-18(26)25-9-3-4-17(25)13-24-7-1-2-8-24/h5-6,10-12,17H,1-4,7-9,13H2/b6-5+/t17-/m0/s1. The Bertz CT molecular complexity index is 681. The number of carbonyl (C=O) groups excluding carboxylic acids is 1. The van der Waals surface area contributed by atoms with E-state index in [0.717, 1.165) is 44.6 Å². The molecule has 0 unspecified atom stereocenters. The van der Waals surface area contributed by atoms with Crippen molar-refractivity contribution in [1.82, 2.24) is 9.80 Å². The normalized spacial score (nSPS) is 21.8. The second-order valence-corrected chi connectivity index (χ2v) is 6.94. The molecule has 0 saturated carbocycles. The molecule has 3 nitrogen and oxygen atoms in total. The minimum absolute atomic E-state index is 0.0287. The van der Waals surface area contributed by atoms with Gasteiger partial charge in [0.15, 0.2) is 0 Å². The number of benzene rings is 1. The zero-order chi connectivity index (χ0) is 18.7. The number of halogens is 4. The maximum absolute atomic E-state index is 13.4. The first-order chi connectivity index (χ1) is 12.3. The Kier molecular flexibility index (Phi) is 5.65. The van der Waals surface area contributed by atoms with Crippen LogP contribution in [0.25, 0.3) is 6.08 Å². The van der Waals surface area contributed by atoms with Crippen molar-refractivity contribution in [1.29, 1.82) is 0 Å². The van der Waals surface area contributed by atoms with Gasteiger partial charge in [-0.25, -0.2) is 4.39 Å². The van der Waals surface area contributed by atoms with Crippen molar-refractivity contribution in [3.8, 4) is 0 Å². The van der Waals surface area contributed by atoms with Crippen LogP contribution in [-0.4, -0.2) is 47.9 Å². The summed E-state index contributed by atoms with van der Waals surface area (Å²) >= 11 is 0. The third kappa shape index (κ3) is 4.63. The van der Waals surface area contributed by atoms with Crippen LogP contribution < -0.4 is 0 Å². The van der Waals surface area contributed by atoms with Gasteiger partial charge in [-0.05, 0) is 68.6 Å². The van der Waals surface area contributed by atoms with Gasteiger partial charge in [0.05, 0.1) is 5.56 Å². The summed E-state index contributed by atoms with van der Waals surface area (Å²) < 4.78 is 51.7. The lowest BCUT2D eigenvalue weighted by Gasteiger charge is -2.27. The first kappa shape index (κ1) is 18.9. The molecule has 142 valence electrons. The molecule has 2 aliphatic heterocycles. The Morgan fingerprint density at radius 2 is 1.85 bits per heavy atom. The predicted octanol–water partition coefficient (Wildman–Crippen LogP) is 3.94. The molecule has 1 aromatic carbocycles. The van der Waals surface area contributed by atoms with Crippen LogP contribution in [-0.2, 0) is 11.0 Å². The Labute approximate surface area is 150 Å². The minimum Gasteiger partial charge on any atom is -0.335 e. The SMILES string of the molecule is O=C(/C=C/c1cc(F)cc(C(F)(F)F)c1)N1CCC[C@H]1CN1CCCC1. The number of nitrogens with zero attached hydrogens (tertiary/aromatic N) is 2. The van der Waals surface area contributed by atoms with Crippen molar-refractivity contribution in [2.75, 3.05) is 26.2 Å². The molecule has 1 amide bonds. The van der Waals surface area contributed by atoms with Crippen molar-refractivity contribution in [3.63, 3.8) is 0 Å². The zero-order valence-corrected chi connectivity index (χ0v) is 14.4. The smallest absolute Gasteiger partial charge is 0.335 e. The van der Waals surface area contributed by atoms with Crippen LogP contribution in [0.1, 0.15) is 36.8 Å². The summed E-state index contributed by atoms with van der Waals surface area (Å²) in [6.45, 7) is 3.60. The third-order valence-electron chi connectivity index (χ3n) is 4.99. The molecule has 2 fully saturated rings. The van der Waals surface area contributed by atoms with Gasteiger partial charge in [-0.15, -0.1) is 0 Å². The zero-order valence-electron chi connectivity index (χ0n) is 14.4. The summed E-state index contributed by atoms with van der Waals surface area (Å²) in [5.74, 6) is -1.20. The molecule has 0 aromatic heterocycles. The van der Waals surface area contributed by atoms with E-state index in [1.54, 1.807) is 4.90 Å². The monoisotopic (exact) mass is 370 g/mol. The summed E-state index contributed by atoms with van der Waals surface area (Å²) in [6, 6.07) is 2.43. The van der Waals surface area contributed by atoms with Gasteiger partial charge in [0.25, 0.3) is 0 Å². The fraction of sp³-hybridized carbons (Fsp3) is 0.526.